The highest BCUT2D eigenvalue weighted by molar-refractivity contribution is 6.34. The molecule has 15 heavy (non-hydrogen) atoms. The van der Waals surface area contributed by atoms with E-state index in [1.807, 2.05) is 6.92 Å². The molecule has 0 spiro atoms. The lowest BCUT2D eigenvalue weighted by molar-refractivity contribution is -0.129. The van der Waals surface area contributed by atoms with Crippen molar-refractivity contribution in [2.45, 2.75) is 13.8 Å². The molecule has 0 saturated heterocycles. The highest BCUT2D eigenvalue weighted by Gasteiger charge is 2.02. The smallest absolute Gasteiger partial charge is 0.351 e. The third-order valence-corrected chi connectivity index (χ3v) is 2.08. The average molecular weight is 227 g/mol. The van der Waals surface area contributed by atoms with Crippen molar-refractivity contribution in [3.05, 3.63) is 28.8 Å². The number of hydrogen-bond acceptors (Lipinski definition) is 3. The first kappa shape index (κ1) is 11.5. The topological polar surface area (TPSA) is 61.7 Å². The van der Waals surface area contributed by atoms with Gasteiger partial charge in [0.05, 0.1) is 5.69 Å². The van der Waals surface area contributed by atoms with E-state index in [0.29, 0.717) is 5.02 Å². The molecular formula is C10H11ClN2O2. The van der Waals surface area contributed by atoms with E-state index in [2.05, 4.69) is 10.5 Å². The largest absolute Gasteiger partial charge is 0.477 e. The predicted molar refractivity (Wildman–Crippen MR) is 60.6 cm³/mol. The Morgan fingerprint density at radius 1 is 1.53 bits per heavy atom. The molecule has 0 fully saturated rings. The minimum Gasteiger partial charge on any atom is -0.477 e. The number of carboxylic acids is 1. The first-order valence-electron chi connectivity index (χ1n) is 4.30. The number of aryl methyl sites for hydroxylation is 1. The van der Waals surface area contributed by atoms with E-state index in [0.717, 1.165) is 11.3 Å². The summed E-state index contributed by atoms with van der Waals surface area (Å²) in [6.07, 6.45) is 0. The SMILES string of the molecule is C/C(=N/Nc1ccc(Cl)cc1C)C(=O)O. The molecule has 0 amide bonds. The quantitative estimate of drug-likeness (QED) is 0.615. The standard InChI is InChI=1S/C10H11ClN2O2/c1-6-5-8(11)3-4-9(6)13-12-7(2)10(14)15/h3-5,13H,1-2H3,(H,14,15)/b12-7-. The van der Waals surface area contributed by atoms with Crippen molar-refractivity contribution < 1.29 is 9.90 Å². The summed E-state index contributed by atoms with van der Waals surface area (Å²) in [5.41, 5.74) is 4.32. The molecule has 0 unspecified atom stereocenters. The Kier molecular flexibility index (Phi) is 3.68. The Bertz CT molecular complexity index is 416. The molecule has 80 valence electrons. The van der Waals surface area contributed by atoms with E-state index >= 15 is 0 Å². The van der Waals surface area contributed by atoms with Crippen LogP contribution in [0.1, 0.15) is 12.5 Å². The number of aliphatic carboxylic acids is 1. The molecular weight excluding hydrogens is 216 g/mol. The van der Waals surface area contributed by atoms with Gasteiger partial charge in [-0.1, -0.05) is 11.6 Å². The third kappa shape index (κ3) is 3.25. The van der Waals surface area contributed by atoms with Crippen molar-refractivity contribution >= 4 is 29.0 Å². The Morgan fingerprint density at radius 2 is 2.20 bits per heavy atom. The summed E-state index contributed by atoms with van der Waals surface area (Å²) in [6.45, 7) is 3.28. The van der Waals surface area contributed by atoms with Crippen LogP contribution in [0.15, 0.2) is 23.3 Å². The Balaban J connectivity index is 2.82. The van der Waals surface area contributed by atoms with Crippen molar-refractivity contribution in [1.82, 2.24) is 0 Å². The molecule has 4 nitrogen and oxygen atoms in total. The van der Waals surface area contributed by atoms with Gasteiger partial charge in [-0.2, -0.15) is 5.10 Å². The summed E-state index contributed by atoms with van der Waals surface area (Å²) in [6, 6.07) is 5.23. The highest BCUT2D eigenvalue weighted by Crippen LogP contribution is 2.19. The summed E-state index contributed by atoms with van der Waals surface area (Å²) in [5.74, 6) is -1.05. The summed E-state index contributed by atoms with van der Waals surface area (Å²) in [4.78, 5) is 10.5. The monoisotopic (exact) mass is 226 g/mol. The Labute approximate surface area is 92.6 Å². The first-order chi connectivity index (χ1) is 7.00. The summed E-state index contributed by atoms with van der Waals surface area (Å²) < 4.78 is 0. The minimum atomic E-state index is -1.05. The van der Waals surface area contributed by atoms with Crippen LogP contribution in [0.4, 0.5) is 5.69 Å². The van der Waals surface area contributed by atoms with Gasteiger partial charge in [0, 0.05) is 5.02 Å². The second-order valence-corrected chi connectivity index (χ2v) is 3.51. The average Bonchev–Trinajstić information content (AvgIpc) is 2.15. The number of carbonyl (C=O) groups is 1. The number of hydrazone groups is 1. The molecule has 0 heterocycles. The second-order valence-electron chi connectivity index (χ2n) is 3.07. The molecule has 0 aliphatic heterocycles. The van der Waals surface area contributed by atoms with E-state index in [4.69, 9.17) is 16.7 Å². The maximum absolute atomic E-state index is 10.5. The zero-order chi connectivity index (χ0) is 11.4. The number of halogens is 1. The maximum atomic E-state index is 10.5. The van der Waals surface area contributed by atoms with Crippen LogP contribution in [0.25, 0.3) is 0 Å². The fraction of sp³-hybridized carbons (Fsp3) is 0.200. The van der Waals surface area contributed by atoms with Crippen LogP contribution in [0.5, 0.6) is 0 Å². The number of carboxylic acid groups (broad SMARTS) is 1. The lowest BCUT2D eigenvalue weighted by Crippen LogP contribution is -2.10. The van der Waals surface area contributed by atoms with Crippen LogP contribution in [-0.4, -0.2) is 16.8 Å². The number of hydrogen-bond donors (Lipinski definition) is 2. The van der Waals surface area contributed by atoms with Gasteiger partial charge >= 0.3 is 5.97 Å². The van der Waals surface area contributed by atoms with Gasteiger partial charge in [-0.3, -0.25) is 5.43 Å². The summed E-state index contributed by atoms with van der Waals surface area (Å²) in [5, 5.41) is 12.9. The molecule has 0 bridgehead atoms. The van der Waals surface area contributed by atoms with Crippen LogP contribution >= 0.6 is 11.6 Å². The molecule has 0 aliphatic carbocycles. The fourth-order valence-corrected chi connectivity index (χ4v) is 1.17. The lowest BCUT2D eigenvalue weighted by atomic mass is 10.2. The van der Waals surface area contributed by atoms with Crippen molar-refractivity contribution in [3.8, 4) is 0 Å². The zero-order valence-electron chi connectivity index (χ0n) is 8.41. The lowest BCUT2D eigenvalue weighted by Gasteiger charge is -2.05. The predicted octanol–water partition coefficient (Wildman–Crippen LogP) is 2.52. The van der Waals surface area contributed by atoms with Crippen LogP contribution in [0, 0.1) is 6.92 Å². The number of benzene rings is 1. The van der Waals surface area contributed by atoms with Gasteiger partial charge in [0.1, 0.15) is 5.71 Å². The molecule has 1 aromatic carbocycles. The fourth-order valence-electron chi connectivity index (χ4n) is 0.944. The van der Waals surface area contributed by atoms with Gasteiger partial charge < -0.3 is 5.11 Å². The molecule has 2 N–H and O–H groups in total. The maximum Gasteiger partial charge on any atom is 0.351 e. The summed E-state index contributed by atoms with van der Waals surface area (Å²) in [7, 11) is 0. The van der Waals surface area contributed by atoms with Crippen molar-refractivity contribution in [2.24, 2.45) is 5.10 Å². The molecule has 0 aliphatic rings. The van der Waals surface area contributed by atoms with Gasteiger partial charge in [0.2, 0.25) is 0 Å². The van der Waals surface area contributed by atoms with E-state index < -0.39 is 5.97 Å². The third-order valence-electron chi connectivity index (χ3n) is 1.84. The Hall–Kier alpha value is -1.55. The van der Waals surface area contributed by atoms with Gasteiger partial charge in [0.25, 0.3) is 0 Å². The van der Waals surface area contributed by atoms with Gasteiger partial charge in [-0.05, 0) is 37.6 Å². The highest BCUT2D eigenvalue weighted by atomic mass is 35.5. The summed E-state index contributed by atoms with van der Waals surface area (Å²) >= 11 is 5.77. The molecule has 0 saturated carbocycles. The van der Waals surface area contributed by atoms with Crippen LogP contribution in [-0.2, 0) is 4.79 Å². The number of nitrogens with one attached hydrogen (secondary N) is 1. The zero-order valence-corrected chi connectivity index (χ0v) is 9.17. The van der Waals surface area contributed by atoms with Crippen LogP contribution in [0.3, 0.4) is 0 Å². The van der Waals surface area contributed by atoms with Gasteiger partial charge in [-0.15, -0.1) is 0 Å². The number of rotatable bonds is 3. The Morgan fingerprint density at radius 3 is 2.73 bits per heavy atom. The second kappa shape index (κ2) is 4.79. The van der Waals surface area contributed by atoms with Gasteiger partial charge in [0.15, 0.2) is 0 Å². The van der Waals surface area contributed by atoms with Crippen LogP contribution in [0.2, 0.25) is 5.02 Å². The van der Waals surface area contributed by atoms with Crippen molar-refractivity contribution in [3.63, 3.8) is 0 Å². The molecule has 0 aromatic heterocycles. The van der Waals surface area contributed by atoms with Gasteiger partial charge in [-0.25, -0.2) is 4.79 Å². The van der Waals surface area contributed by atoms with Crippen molar-refractivity contribution in [2.75, 3.05) is 5.43 Å². The molecule has 5 heteroatoms. The normalized spacial score (nSPS) is 11.3. The molecule has 1 aromatic rings. The molecule has 1 rings (SSSR count). The van der Waals surface area contributed by atoms with E-state index in [-0.39, 0.29) is 5.71 Å². The van der Waals surface area contributed by atoms with Crippen LogP contribution < -0.4 is 5.43 Å². The first-order valence-corrected chi connectivity index (χ1v) is 4.68. The van der Waals surface area contributed by atoms with E-state index in [1.54, 1.807) is 18.2 Å². The molecule has 0 atom stereocenters. The van der Waals surface area contributed by atoms with E-state index in [1.165, 1.54) is 6.92 Å². The number of nitrogens with zero attached hydrogens (tertiary/aromatic N) is 1. The van der Waals surface area contributed by atoms with Crippen molar-refractivity contribution in [1.29, 1.82) is 0 Å². The number of anilines is 1. The minimum absolute atomic E-state index is 0.00403. The van der Waals surface area contributed by atoms with E-state index in [9.17, 15) is 4.79 Å². The molecule has 0 radical (unpaired) electrons.